The van der Waals surface area contributed by atoms with Crippen molar-refractivity contribution in [3.05, 3.63) is 60.5 Å². The molecule has 2 nitrogen and oxygen atoms in total. The molecule has 0 saturated carbocycles. The molecule has 0 saturated heterocycles. The van der Waals surface area contributed by atoms with E-state index in [4.69, 9.17) is 0 Å². The van der Waals surface area contributed by atoms with Crippen molar-refractivity contribution in [2.75, 3.05) is 6.61 Å². The molecule has 0 N–H and O–H groups in total. The van der Waals surface area contributed by atoms with Gasteiger partial charge in [0.05, 0.1) is 5.39 Å². The molecule has 0 aliphatic carbocycles. The summed E-state index contributed by atoms with van der Waals surface area (Å²) in [6, 6.07) is 13.4. The number of nitrogens with zero attached hydrogens (tertiary/aromatic N) is 1. The molecule has 1 heterocycles. The lowest BCUT2D eigenvalue weighted by Gasteiger charge is -2.13. The highest BCUT2D eigenvalue weighted by Crippen LogP contribution is 2.34. The van der Waals surface area contributed by atoms with Crippen molar-refractivity contribution >= 4 is 10.8 Å². The summed E-state index contributed by atoms with van der Waals surface area (Å²) in [4.78, 5) is 3.88. The van der Waals surface area contributed by atoms with Gasteiger partial charge in [-0.1, -0.05) is 42.5 Å². The zero-order valence-corrected chi connectivity index (χ0v) is 11.8. The monoisotopic (exact) mass is 321 g/mol. The third-order valence-corrected chi connectivity index (χ3v) is 3.29. The first-order valence-corrected chi connectivity index (χ1v) is 6.78. The molecule has 6 heteroatoms. The zero-order chi connectivity index (χ0) is 16.4. The van der Waals surface area contributed by atoms with Gasteiger partial charge in [0.15, 0.2) is 6.61 Å². The number of ether oxygens (including phenoxy) is 1. The SMILES string of the molecule is Fc1cccc2c(-c3ccccc3)cnc(OCC(F)(F)F)c12. The molecule has 23 heavy (non-hydrogen) atoms. The smallest absolute Gasteiger partial charge is 0.422 e. The molecular formula is C17H11F4NO. The fourth-order valence-corrected chi connectivity index (χ4v) is 2.33. The van der Waals surface area contributed by atoms with E-state index in [9.17, 15) is 17.6 Å². The van der Waals surface area contributed by atoms with Gasteiger partial charge in [0.25, 0.3) is 0 Å². The number of fused-ring (bicyclic) bond motifs is 1. The van der Waals surface area contributed by atoms with Gasteiger partial charge in [-0.2, -0.15) is 13.2 Å². The minimum absolute atomic E-state index is 0.0573. The molecule has 3 rings (SSSR count). The summed E-state index contributed by atoms with van der Waals surface area (Å²) in [5.74, 6) is -1.04. The molecule has 0 spiro atoms. The van der Waals surface area contributed by atoms with Crippen molar-refractivity contribution in [3.8, 4) is 17.0 Å². The topological polar surface area (TPSA) is 22.1 Å². The normalized spacial score (nSPS) is 11.7. The molecule has 0 bridgehead atoms. The summed E-state index contributed by atoms with van der Waals surface area (Å²) in [6.07, 6.45) is -3.12. The van der Waals surface area contributed by atoms with Crippen LogP contribution in [0.3, 0.4) is 0 Å². The van der Waals surface area contributed by atoms with Crippen LogP contribution in [-0.2, 0) is 0 Å². The van der Waals surface area contributed by atoms with Crippen LogP contribution in [0.4, 0.5) is 17.6 Å². The molecule has 0 atom stereocenters. The Balaban J connectivity index is 2.15. The molecule has 3 aromatic rings. The van der Waals surface area contributed by atoms with Gasteiger partial charge in [-0.05, 0) is 17.0 Å². The first kappa shape index (κ1) is 15.3. The van der Waals surface area contributed by atoms with Crippen molar-refractivity contribution in [2.45, 2.75) is 6.18 Å². The van der Waals surface area contributed by atoms with E-state index in [1.165, 1.54) is 18.3 Å². The number of halogens is 4. The maximum atomic E-state index is 14.2. The number of alkyl halides is 3. The van der Waals surface area contributed by atoms with Crippen molar-refractivity contribution in [1.29, 1.82) is 0 Å². The van der Waals surface area contributed by atoms with Crippen LogP contribution < -0.4 is 4.74 Å². The van der Waals surface area contributed by atoms with Crippen LogP contribution in [0.2, 0.25) is 0 Å². The molecule has 118 valence electrons. The fourth-order valence-electron chi connectivity index (χ4n) is 2.33. The highest BCUT2D eigenvalue weighted by Gasteiger charge is 2.29. The number of pyridine rings is 1. The summed E-state index contributed by atoms with van der Waals surface area (Å²) in [5, 5.41) is 0.390. The second kappa shape index (κ2) is 5.87. The number of rotatable bonds is 3. The van der Waals surface area contributed by atoms with Crippen molar-refractivity contribution in [1.82, 2.24) is 4.98 Å². The number of hydrogen-bond acceptors (Lipinski definition) is 2. The third kappa shape index (κ3) is 3.26. The molecule has 0 fully saturated rings. The van der Waals surface area contributed by atoms with Crippen LogP contribution in [-0.4, -0.2) is 17.8 Å². The Morgan fingerprint density at radius 1 is 0.957 bits per heavy atom. The predicted molar refractivity (Wildman–Crippen MR) is 78.7 cm³/mol. The van der Waals surface area contributed by atoms with E-state index in [-0.39, 0.29) is 11.3 Å². The Morgan fingerprint density at radius 2 is 1.70 bits per heavy atom. The molecular weight excluding hydrogens is 310 g/mol. The summed E-state index contributed by atoms with van der Waals surface area (Å²) >= 11 is 0. The Kier molecular flexibility index (Phi) is 3.90. The average molecular weight is 321 g/mol. The third-order valence-electron chi connectivity index (χ3n) is 3.29. The Hall–Kier alpha value is -2.63. The minimum Gasteiger partial charge on any atom is -0.467 e. The fraction of sp³-hybridized carbons (Fsp3) is 0.118. The Labute approximate surface area is 129 Å². The van der Waals surface area contributed by atoms with Gasteiger partial charge in [0.2, 0.25) is 5.88 Å². The Bertz CT molecular complexity index is 831. The number of aromatic nitrogens is 1. The van der Waals surface area contributed by atoms with Gasteiger partial charge in [-0.25, -0.2) is 9.37 Å². The van der Waals surface area contributed by atoms with E-state index in [2.05, 4.69) is 9.72 Å². The number of benzene rings is 2. The van der Waals surface area contributed by atoms with Gasteiger partial charge >= 0.3 is 6.18 Å². The van der Waals surface area contributed by atoms with E-state index in [0.717, 1.165) is 5.56 Å². The van der Waals surface area contributed by atoms with Gasteiger partial charge in [-0.15, -0.1) is 0 Å². The van der Waals surface area contributed by atoms with E-state index in [1.807, 2.05) is 30.3 Å². The highest BCUT2D eigenvalue weighted by atomic mass is 19.4. The lowest BCUT2D eigenvalue weighted by atomic mass is 10.0. The number of hydrogen-bond donors (Lipinski definition) is 0. The van der Waals surface area contributed by atoms with Crippen molar-refractivity contribution in [2.24, 2.45) is 0 Å². The van der Waals surface area contributed by atoms with Crippen LogP contribution in [0.25, 0.3) is 21.9 Å². The summed E-state index contributed by atoms with van der Waals surface area (Å²) in [7, 11) is 0. The van der Waals surface area contributed by atoms with E-state index in [0.29, 0.717) is 10.9 Å². The predicted octanol–water partition coefficient (Wildman–Crippen LogP) is 4.98. The second-order valence-electron chi connectivity index (χ2n) is 4.91. The van der Waals surface area contributed by atoms with Gasteiger partial charge in [0.1, 0.15) is 5.82 Å². The minimum atomic E-state index is -4.52. The highest BCUT2D eigenvalue weighted by molar-refractivity contribution is 5.99. The maximum Gasteiger partial charge on any atom is 0.422 e. The molecule has 1 aromatic heterocycles. The molecule has 0 radical (unpaired) electrons. The lowest BCUT2D eigenvalue weighted by Crippen LogP contribution is -2.19. The van der Waals surface area contributed by atoms with Crippen LogP contribution in [0, 0.1) is 5.82 Å². The van der Waals surface area contributed by atoms with Gasteiger partial charge < -0.3 is 4.74 Å². The zero-order valence-electron chi connectivity index (χ0n) is 11.8. The Morgan fingerprint density at radius 3 is 2.39 bits per heavy atom. The summed E-state index contributed by atoms with van der Waals surface area (Å²) in [6.45, 7) is -1.52. The van der Waals surface area contributed by atoms with Gasteiger partial charge in [0, 0.05) is 11.8 Å². The molecule has 0 aliphatic heterocycles. The summed E-state index contributed by atoms with van der Waals surface area (Å²) in [5.41, 5.74) is 1.41. The van der Waals surface area contributed by atoms with E-state index >= 15 is 0 Å². The first-order chi connectivity index (χ1) is 11.0. The average Bonchev–Trinajstić information content (AvgIpc) is 2.53. The second-order valence-corrected chi connectivity index (χ2v) is 4.91. The van der Waals surface area contributed by atoms with E-state index < -0.39 is 18.6 Å². The van der Waals surface area contributed by atoms with Crippen LogP contribution in [0.5, 0.6) is 5.88 Å². The molecule has 0 amide bonds. The van der Waals surface area contributed by atoms with Crippen LogP contribution >= 0.6 is 0 Å². The van der Waals surface area contributed by atoms with Crippen LogP contribution in [0.15, 0.2) is 54.7 Å². The van der Waals surface area contributed by atoms with E-state index in [1.54, 1.807) is 6.07 Å². The summed E-state index contributed by atoms with van der Waals surface area (Å²) < 4.78 is 55.9. The van der Waals surface area contributed by atoms with Crippen molar-refractivity contribution in [3.63, 3.8) is 0 Å². The first-order valence-electron chi connectivity index (χ1n) is 6.78. The molecule has 0 unspecified atom stereocenters. The van der Waals surface area contributed by atoms with Crippen LogP contribution in [0.1, 0.15) is 0 Å². The largest absolute Gasteiger partial charge is 0.467 e. The molecule has 2 aromatic carbocycles. The quantitative estimate of drug-likeness (QED) is 0.635. The lowest BCUT2D eigenvalue weighted by molar-refractivity contribution is -0.153. The van der Waals surface area contributed by atoms with Gasteiger partial charge in [-0.3, -0.25) is 0 Å². The standard InChI is InChI=1S/C17H11F4NO/c18-14-8-4-7-12-13(11-5-2-1-3-6-11)9-22-16(15(12)14)23-10-17(19,20)21/h1-9H,10H2. The molecule has 0 aliphatic rings. The van der Waals surface area contributed by atoms with Crippen molar-refractivity contribution < 1.29 is 22.3 Å². The maximum absolute atomic E-state index is 14.2.